The SMILES string of the molecule is NC(=O)c1nocc1CCc1c[nH]c2ccc(Cl)cc12. The van der Waals surface area contributed by atoms with Gasteiger partial charge in [-0.2, -0.15) is 0 Å². The van der Waals surface area contributed by atoms with E-state index in [9.17, 15) is 4.79 Å². The minimum absolute atomic E-state index is 0.197. The molecule has 0 radical (unpaired) electrons. The third-order valence-electron chi connectivity index (χ3n) is 3.27. The average molecular weight is 290 g/mol. The summed E-state index contributed by atoms with van der Waals surface area (Å²) in [7, 11) is 0. The molecule has 0 aliphatic rings. The van der Waals surface area contributed by atoms with Gasteiger partial charge in [-0.15, -0.1) is 0 Å². The van der Waals surface area contributed by atoms with Crippen LogP contribution in [0.15, 0.2) is 35.2 Å². The van der Waals surface area contributed by atoms with Gasteiger partial charge in [0.1, 0.15) is 6.26 Å². The zero-order valence-corrected chi connectivity index (χ0v) is 11.3. The second-order valence-corrected chi connectivity index (χ2v) is 4.99. The molecule has 0 saturated heterocycles. The molecule has 0 fully saturated rings. The van der Waals surface area contributed by atoms with Crippen molar-refractivity contribution in [2.45, 2.75) is 12.8 Å². The van der Waals surface area contributed by atoms with Gasteiger partial charge in [0, 0.05) is 27.7 Å². The summed E-state index contributed by atoms with van der Waals surface area (Å²) in [6, 6.07) is 5.70. The summed E-state index contributed by atoms with van der Waals surface area (Å²) < 4.78 is 4.80. The smallest absolute Gasteiger partial charge is 0.271 e. The molecule has 2 heterocycles. The van der Waals surface area contributed by atoms with E-state index in [0.717, 1.165) is 22.9 Å². The summed E-state index contributed by atoms with van der Waals surface area (Å²) in [5.41, 5.74) is 8.30. The lowest BCUT2D eigenvalue weighted by atomic mass is 10.0. The molecule has 0 bridgehead atoms. The number of H-pyrrole nitrogens is 1. The molecule has 3 rings (SSSR count). The van der Waals surface area contributed by atoms with Gasteiger partial charge in [-0.05, 0) is 36.6 Å². The van der Waals surface area contributed by atoms with E-state index in [1.54, 1.807) is 0 Å². The number of primary amides is 1. The Morgan fingerprint density at radius 2 is 2.15 bits per heavy atom. The predicted molar refractivity (Wildman–Crippen MR) is 75.7 cm³/mol. The number of aromatic nitrogens is 2. The summed E-state index contributed by atoms with van der Waals surface area (Å²) in [4.78, 5) is 14.4. The van der Waals surface area contributed by atoms with E-state index in [1.165, 1.54) is 6.26 Å². The lowest BCUT2D eigenvalue weighted by Crippen LogP contribution is -2.13. The Hall–Kier alpha value is -2.27. The molecule has 0 atom stereocenters. The predicted octanol–water partition coefficient (Wildman–Crippen LogP) is 2.69. The third-order valence-corrected chi connectivity index (χ3v) is 3.50. The number of nitrogens with zero attached hydrogens (tertiary/aromatic N) is 1. The number of hydrogen-bond acceptors (Lipinski definition) is 3. The van der Waals surface area contributed by atoms with E-state index in [1.807, 2.05) is 24.4 Å². The third kappa shape index (κ3) is 2.28. The number of nitrogens with two attached hydrogens (primary N) is 1. The highest BCUT2D eigenvalue weighted by Crippen LogP contribution is 2.23. The quantitative estimate of drug-likeness (QED) is 0.774. The highest BCUT2D eigenvalue weighted by atomic mass is 35.5. The molecule has 1 amide bonds. The number of nitrogens with one attached hydrogen (secondary N) is 1. The Kier molecular flexibility index (Phi) is 3.20. The summed E-state index contributed by atoms with van der Waals surface area (Å²) >= 11 is 6.01. The van der Waals surface area contributed by atoms with Crippen molar-refractivity contribution >= 4 is 28.4 Å². The van der Waals surface area contributed by atoms with Gasteiger partial charge >= 0.3 is 0 Å². The molecule has 0 spiro atoms. The van der Waals surface area contributed by atoms with Crippen molar-refractivity contribution in [1.82, 2.24) is 10.1 Å². The van der Waals surface area contributed by atoms with E-state index < -0.39 is 5.91 Å². The molecule has 3 aromatic rings. The van der Waals surface area contributed by atoms with E-state index >= 15 is 0 Å². The van der Waals surface area contributed by atoms with Crippen LogP contribution in [0.2, 0.25) is 5.02 Å². The molecule has 0 aliphatic heterocycles. The molecular weight excluding hydrogens is 278 g/mol. The number of rotatable bonds is 4. The van der Waals surface area contributed by atoms with Crippen LogP contribution in [0.5, 0.6) is 0 Å². The van der Waals surface area contributed by atoms with Crippen LogP contribution in [0.1, 0.15) is 21.6 Å². The molecule has 0 aliphatic carbocycles. The topological polar surface area (TPSA) is 84.9 Å². The van der Waals surface area contributed by atoms with Crippen LogP contribution in [0.4, 0.5) is 0 Å². The zero-order chi connectivity index (χ0) is 14.1. The van der Waals surface area contributed by atoms with Crippen LogP contribution in [0.3, 0.4) is 0 Å². The van der Waals surface area contributed by atoms with Gasteiger partial charge in [-0.25, -0.2) is 0 Å². The van der Waals surface area contributed by atoms with Crippen molar-refractivity contribution < 1.29 is 9.32 Å². The molecule has 2 aromatic heterocycles. The lowest BCUT2D eigenvalue weighted by Gasteiger charge is -1.99. The molecule has 3 N–H and O–H groups in total. The normalized spacial score (nSPS) is 11.1. The van der Waals surface area contributed by atoms with Gasteiger partial charge in [-0.3, -0.25) is 4.79 Å². The van der Waals surface area contributed by atoms with Crippen molar-refractivity contribution in [3.8, 4) is 0 Å². The maximum Gasteiger partial charge on any atom is 0.271 e. The van der Waals surface area contributed by atoms with Crippen molar-refractivity contribution in [1.29, 1.82) is 0 Å². The number of fused-ring (bicyclic) bond motifs is 1. The standard InChI is InChI=1S/C14H12ClN3O2/c15-10-3-4-12-11(5-10)8(6-17-12)1-2-9-7-20-18-13(9)14(16)19/h3-7,17H,1-2H2,(H2,16,19). The number of aryl methyl sites for hydroxylation is 2. The fraction of sp³-hybridized carbons (Fsp3) is 0.143. The second kappa shape index (κ2) is 5.02. The van der Waals surface area contributed by atoms with Crippen LogP contribution >= 0.6 is 11.6 Å². The molecule has 0 unspecified atom stereocenters. The molecule has 0 saturated carbocycles. The summed E-state index contributed by atoms with van der Waals surface area (Å²) in [6.45, 7) is 0. The Balaban J connectivity index is 1.85. The van der Waals surface area contributed by atoms with Gasteiger partial charge in [-0.1, -0.05) is 16.8 Å². The average Bonchev–Trinajstić information content (AvgIpc) is 3.02. The molecule has 6 heteroatoms. The lowest BCUT2D eigenvalue weighted by molar-refractivity contribution is 0.0991. The highest BCUT2D eigenvalue weighted by Gasteiger charge is 2.14. The molecule has 102 valence electrons. The highest BCUT2D eigenvalue weighted by molar-refractivity contribution is 6.31. The first-order valence-electron chi connectivity index (χ1n) is 6.13. The van der Waals surface area contributed by atoms with Gasteiger partial charge in [0.25, 0.3) is 5.91 Å². The van der Waals surface area contributed by atoms with Crippen LogP contribution in [-0.2, 0) is 12.8 Å². The zero-order valence-electron chi connectivity index (χ0n) is 10.5. The van der Waals surface area contributed by atoms with Crippen molar-refractivity contribution in [3.63, 3.8) is 0 Å². The number of benzene rings is 1. The van der Waals surface area contributed by atoms with Crippen LogP contribution < -0.4 is 5.73 Å². The number of halogens is 1. The molecule has 1 aromatic carbocycles. The maximum atomic E-state index is 11.2. The number of carbonyl (C=O) groups is 1. The minimum Gasteiger partial charge on any atom is -0.364 e. The van der Waals surface area contributed by atoms with Gasteiger partial charge in [0.15, 0.2) is 5.69 Å². The van der Waals surface area contributed by atoms with Crippen LogP contribution in [0.25, 0.3) is 10.9 Å². The van der Waals surface area contributed by atoms with Crippen LogP contribution in [-0.4, -0.2) is 16.0 Å². The number of hydrogen-bond donors (Lipinski definition) is 2. The van der Waals surface area contributed by atoms with Crippen molar-refractivity contribution in [2.75, 3.05) is 0 Å². The van der Waals surface area contributed by atoms with E-state index in [0.29, 0.717) is 17.0 Å². The van der Waals surface area contributed by atoms with E-state index in [4.69, 9.17) is 21.9 Å². The fourth-order valence-corrected chi connectivity index (χ4v) is 2.44. The second-order valence-electron chi connectivity index (χ2n) is 4.56. The molecule has 20 heavy (non-hydrogen) atoms. The first-order valence-corrected chi connectivity index (χ1v) is 6.51. The van der Waals surface area contributed by atoms with E-state index in [2.05, 4.69) is 10.1 Å². The van der Waals surface area contributed by atoms with E-state index in [-0.39, 0.29) is 5.69 Å². The largest absolute Gasteiger partial charge is 0.364 e. The minimum atomic E-state index is -0.573. The van der Waals surface area contributed by atoms with Gasteiger partial charge in [0.05, 0.1) is 0 Å². The maximum absolute atomic E-state index is 11.2. The number of amides is 1. The Morgan fingerprint density at radius 1 is 1.35 bits per heavy atom. The Morgan fingerprint density at radius 3 is 2.95 bits per heavy atom. The Labute approximate surface area is 119 Å². The summed E-state index contributed by atoms with van der Waals surface area (Å²) in [6.07, 6.45) is 4.77. The first-order chi connectivity index (χ1) is 9.65. The molecule has 5 nitrogen and oxygen atoms in total. The first kappa shape index (κ1) is 12.7. The van der Waals surface area contributed by atoms with Crippen molar-refractivity contribution in [2.24, 2.45) is 5.73 Å². The number of carbonyl (C=O) groups excluding carboxylic acids is 1. The molecular formula is C14H12ClN3O2. The van der Waals surface area contributed by atoms with Crippen LogP contribution in [0, 0.1) is 0 Å². The monoisotopic (exact) mass is 289 g/mol. The fourth-order valence-electron chi connectivity index (χ4n) is 2.26. The number of aromatic amines is 1. The van der Waals surface area contributed by atoms with Crippen molar-refractivity contribution in [3.05, 3.63) is 52.5 Å². The summed E-state index contributed by atoms with van der Waals surface area (Å²) in [5.74, 6) is -0.573. The Bertz CT molecular complexity index is 776. The van der Waals surface area contributed by atoms with Gasteiger partial charge < -0.3 is 15.2 Å². The summed E-state index contributed by atoms with van der Waals surface area (Å²) in [5, 5.41) is 5.39. The van der Waals surface area contributed by atoms with Gasteiger partial charge in [0.2, 0.25) is 0 Å².